The molecule has 0 aliphatic rings. The zero-order valence-electron chi connectivity index (χ0n) is 14.3. The Morgan fingerprint density at radius 1 is 1.07 bits per heavy atom. The average molecular weight is 382 g/mol. The molecule has 0 aliphatic heterocycles. The quantitative estimate of drug-likeness (QED) is 0.770. The molecule has 0 spiro atoms. The number of para-hydroxylation sites is 1. The summed E-state index contributed by atoms with van der Waals surface area (Å²) in [6, 6.07) is 11.4. The minimum absolute atomic E-state index is 0.103. The molecule has 2 aromatic rings. The van der Waals surface area contributed by atoms with Gasteiger partial charge in [0.15, 0.2) is 0 Å². The number of carbonyl (C=O) groups is 2. The molecular formula is C18H17F3N2O4. The van der Waals surface area contributed by atoms with Gasteiger partial charge in [-0.2, -0.15) is 0 Å². The lowest BCUT2D eigenvalue weighted by Crippen LogP contribution is -2.33. The van der Waals surface area contributed by atoms with Gasteiger partial charge in [-0.05, 0) is 31.2 Å². The molecule has 144 valence electrons. The van der Waals surface area contributed by atoms with Crippen molar-refractivity contribution in [2.45, 2.75) is 13.3 Å². The molecule has 2 aromatic carbocycles. The van der Waals surface area contributed by atoms with E-state index in [1.165, 1.54) is 12.1 Å². The van der Waals surface area contributed by atoms with Crippen molar-refractivity contribution in [2.24, 2.45) is 0 Å². The highest BCUT2D eigenvalue weighted by atomic mass is 19.4. The van der Waals surface area contributed by atoms with E-state index in [9.17, 15) is 22.8 Å². The SMILES string of the molecule is CCOc1ccccc1C(=O)NCC(=O)Nc1cccc(OC(F)(F)F)c1. The van der Waals surface area contributed by atoms with Crippen LogP contribution in [0.15, 0.2) is 48.5 Å². The Balaban J connectivity index is 1.93. The number of alkyl halides is 3. The standard InChI is InChI=1S/C18H17F3N2O4/c1-2-26-15-9-4-3-8-14(15)17(25)22-11-16(24)23-12-6-5-7-13(10-12)27-18(19,20)21/h3-10H,2,11H2,1H3,(H,22,25)(H,23,24). The molecule has 9 heteroatoms. The fraction of sp³-hybridized carbons (Fsp3) is 0.222. The maximum Gasteiger partial charge on any atom is 0.573 e. The third kappa shape index (κ3) is 6.53. The Labute approximate surface area is 153 Å². The van der Waals surface area contributed by atoms with Crippen molar-refractivity contribution in [3.63, 3.8) is 0 Å². The molecule has 0 bridgehead atoms. The van der Waals surface area contributed by atoms with E-state index in [4.69, 9.17) is 4.74 Å². The van der Waals surface area contributed by atoms with Crippen LogP contribution in [0.25, 0.3) is 0 Å². The smallest absolute Gasteiger partial charge is 0.493 e. The van der Waals surface area contributed by atoms with Crippen LogP contribution in [0.1, 0.15) is 17.3 Å². The van der Waals surface area contributed by atoms with Gasteiger partial charge in [-0.3, -0.25) is 9.59 Å². The maximum atomic E-state index is 12.2. The molecule has 0 fully saturated rings. The highest BCUT2D eigenvalue weighted by molar-refractivity contribution is 6.00. The Morgan fingerprint density at radius 2 is 1.81 bits per heavy atom. The van der Waals surface area contributed by atoms with Crippen molar-refractivity contribution in [2.75, 3.05) is 18.5 Å². The number of amides is 2. The Hall–Kier alpha value is -3.23. The summed E-state index contributed by atoms with van der Waals surface area (Å²) in [5, 5.41) is 4.81. The highest BCUT2D eigenvalue weighted by Crippen LogP contribution is 2.25. The normalized spacial score (nSPS) is 10.8. The lowest BCUT2D eigenvalue weighted by atomic mass is 10.2. The van der Waals surface area contributed by atoms with Crippen molar-refractivity contribution in [1.82, 2.24) is 5.32 Å². The topological polar surface area (TPSA) is 76.7 Å². The van der Waals surface area contributed by atoms with Crippen molar-refractivity contribution in [3.8, 4) is 11.5 Å². The summed E-state index contributed by atoms with van der Waals surface area (Å²) in [6.07, 6.45) is -4.83. The van der Waals surface area contributed by atoms with Crippen LogP contribution in [0.5, 0.6) is 11.5 Å². The lowest BCUT2D eigenvalue weighted by Gasteiger charge is -2.12. The molecule has 0 radical (unpaired) electrons. The number of hydrogen-bond donors (Lipinski definition) is 2. The van der Waals surface area contributed by atoms with E-state index in [0.29, 0.717) is 12.4 Å². The molecule has 2 N–H and O–H groups in total. The summed E-state index contributed by atoms with van der Waals surface area (Å²) in [5.74, 6) is -1.20. The second kappa shape index (κ2) is 8.93. The monoisotopic (exact) mass is 382 g/mol. The Bertz CT molecular complexity index is 809. The molecule has 0 saturated heterocycles. The van der Waals surface area contributed by atoms with Gasteiger partial charge in [0.1, 0.15) is 11.5 Å². The molecule has 0 saturated carbocycles. The molecule has 0 unspecified atom stereocenters. The van der Waals surface area contributed by atoms with Crippen LogP contribution in [0, 0.1) is 0 Å². The second-order valence-electron chi connectivity index (χ2n) is 5.24. The first kappa shape index (κ1) is 20.1. The number of hydrogen-bond acceptors (Lipinski definition) is 4. The van der Waals surface area contributed by atoms with E-state index in [2.05, 4.69) is 15.4 Å². The fourth-order valence-electron chi connectivity index (χ4n) is 2.17. The van der Waals surface area contributed by atoms with Crippen LogP contribution < -0.4 is 20.1 Å². The maximum absolute atomic E-state index is 12.2. The third-order valence-corrected chi connectivity index (χ3v) is 3.19. The first-order valence-corrected chi connectivity index (χ1v) is 7.94. The average Bonchev–Trinajstić information content (AvgIpc) is 2.59. The number of anilines is 1. The predicted molar refractivity (Wildman–Crippen MR) is 91.7 cm³/mol. The van der Waals surface area contributed by atoms with Gasteiger partial charge in [0.25, 0.3) is 5.91 Å². The van der Waals surface area contributed by atoms with Gasteiger partial charge in [0, 0.05) is 11.8 Å². The van der Waals surface area contributed by atoms with Crippen molar-refractivity contribution in [3.05, 3.63) is 54.1 Å². The van der Waals surface area contributed by atoms with E-state index in [-0.39, 0.29) is 17.8 Å². The van der Waals surface area contributed by atoms with Crippen molar-refractivity contribution < 1.29 is 32.2 Å². The van der Waals surface area contributed by atoms with Gasteiger partial charge in [-0.1, -0.05) is 18.2 Å². The molecule has 0 aliphatic carbocycles. The van der Waals surface area contributed by atoms with Gasteiger partial charge < -0.3 is 20.1 Å². The fourth-order valence-corrected chi connectivity index (χ4v) is 2.17. The molecule has 0 aromatic heterocycles. The first-order valence-electron chi connectivity index (χ1n) is 7.94. The summed E-state index contributed by atoms with van der Waals surface area (Å²) < 4.78 is 45.8. The van der Waals surface area contributed by atoms with Crippen LogP contribution in [0.3, 0.4) is 0 Å². The number of carbonyl (C=O) groups excluding carboxylic acids is 2. The highest BCUT2D eigenvalue weighted by Gasteiger charge is 2.31. The van der Waals surface area contributed by atoms with Crippen LogP contribution in [0.2, 0.25) is 0 Å². The minimum Gasteiger partial charge on any atom is -0.493 e. The predicted octanol–water partition coefficient (Wildman–Crippen LogP) is 3.35. The minimum atomic E-state index is -4.83. The number of nitrogens with one attached hydrogen (secondary N) is 2. The zero-order valence-corrected chi connectivity index (χ0v) is 14.3. The largest absolute Gasteiger partial charge is 0.573 e. The van der Waals surface area contributed by atoms with E-state index >= 15 is 0 Å². The molecule has 0 heterocycles. The summed E-state index contributed by atoms with van der Waals surface area (Å²) in [7, 11) is 0. The number of halogens is 3. The van der Waals surface area contributed by atoms with Crippen molar-refractivity contribution >= 4 is 17.5 Å². The molecule has 6 nitrogen and oxygen atoms in total. The summed E-state index contributed by atoms with van der Waals surface area (Å²) in [6.45, 7) is 1.78. The third-order valence-electron chi connectivity index (χ3n) is 3.19. The van der Waals surface area contributed by atoms with E-state index < -0.39 is 23.9 Å². The number of benzene rings is 2. The van der Waals surface area contributed by atoms with Crippen LogP contribution in [0.4, 0.5) is 18.9 Å². The summed E-state index contributed by atoms with van der Waals surface area (Å²) >= 11 is 0. The summed E-state index contributed by atoms with van der Waals surface area (Å²) in [5.41, 5.74) is 0.374. The zero-order chi connectivity index (χ0) is 19.9. The van der Waals surface area contributed by atoms with Gasteiger partial charge in [0.05, 0.1) is 18.7 Å². The second-order valence-corrected chi connectivity index (χ2v) is 5.24. The summed E-state index contributed by atoms with van der Waals surface area (Å²) in [4.78, 5) is 24.1. The van der Waals surface area contributed by atoms with Gasteiger partial charge in [-0.25, -0.2) is 0 Å². The number of rotatable bonds is 7. The van der Waals surface area contributed by atoms with Gasteiger partial charge in [0.2, 0.25) is 5.91 Å². The molecule has 2 amide bonds. The molecule has 27 heavy (non-hydrogen) atoms. The number of ether oxygens (including phenoxy) is 2. The van der Waals surface area contributed by atoms with Gasteiger partial charge >= 0.3 is 6.36 Å². The molecule has 2 rings (SSSR count). The van der Waals surface area contributed by atoms with Crippen LogP contribution in [-0.2, 0) is 4.79 Å². The first-order chi connectivity index (χ1) is 12.8. The van der Waals surface area contributed by atoms with E-state index in [1.54, 1.807) is 31.2 Å². The van der Waals surface area contributed by atoms with E-state index in [1.807, 2.05) is 0 Å². The Morgan fingerprint density at radius 3 is 2.52 bits per heavy atom. The van der Waals surface area contributed by atoms with Gasteiger partial charge in [-0.15, -0.1) is 13.2 Å². The van der Waals surface area contributed by atoms with Crippen molar-refractivity contribution in [1.29, 1.82) is 0 Å². The van der Waals surface area contributed by atoms with Crippen LogP contribution >= 0.6 is 0 Å². The van der Waals surface area contributed by atoms with E-state index in [0.717, 1.165) is 12.1 Å². The molecular weight excluding hydrogens is 365 g/mol. The lowest BCUT2D eigenvalue weighted by molar-refractivity contribution is -0.274. The Kier molecular flexibility index (Phi) is 6.64. The molecule has 0 atom stereocenters. The van der Waals surface area contributed by atoms with Crippen LogP contribution in [-0.4, -0.2) is 31.3 Å².